The van der Waals surface area contributed by atoms with Crippen molar-refractivity contribution in [3.05, 3.63) is 46.7 Å². The molecule has 0 aliphatic carbocycles. The van der Waals surface area contributed by atoms with Gasteiger partial charge in [0.1, 0.15) is 6.33 Å². The topological polar surface area (TPSA) is 124 Å². The van der Waals surface area contributed by atoms with Gasteiger partial charge in [-0.05, 0) is 30.7 Å². The molecule has 7 nitrogen and oxygen atoms in total. The van der Waals surface area contributed by atoms with Gasteiger partial charge in [0.15, 0.2) is 5.54 Å². The second kappa shape index (κ2) is 5.40. The van der Waals surface area contributed by atoms with Crippen LogP contribution in [-0.4, -0.2) is 28.0 Å². The molecule has 1 unspecified atom stereocenters. The molecule has 0 spiro atoms. The van der Waals surface area contributed by atoms with E-state index in [9.17, 15) is 9.59 Å². The zero-order valence-corrected chi connectivity index (χ0v) is 13.0. The van der Waals surface area contributed by atoms with Crippen molar-refractivity contribution >= 4 is 29.4 Å². The van der Waals surface area contributed by atoms with Gasteiger partial charge in [-0.15, -0.1) is 11.3 Å². The molecule has 0 saturated heterocycles. The van der Waals surface area contributed by atoms with E-state index in [2.05, 4.69) is 15.0 Å². The Labute approximate surface area is 135 Å². The van der Waals surface area contributed by atoms with Gasteiger partial charge in [0, 0.05) is 12.4 Å². The molecule has 0 aromatic carbocycles. The van der Waals surface area contributed by atoms with Gasteiger partial charge >= 0.3 is 0 Å². The SMILES string of the molecule is Cc1c(-c2ccncn2)sc(C2(C(N)=O)C=CC=N2)c1C(N)=O. The zero-order chi connectivity index (χ0) is 16.6. The van der Waals surface area contributed by atoms with Gasteiger partial charge < -0.3 is 11.5 Å². The quantitative estimate of drug-likeness (QED) is 0.866. The fourth-order valence-electron chi connectivity index (χ4n) is 2.53. The Morgan fingerprint density at radius 2 is 2.09 bits per heavy atom. The highest BCUT2D eigenvalue weighted by Gasteiger charge is 2.42. The number of hydrogen-bond acceptors (Lipinski definition) is 6. The average molecular weight is 327 g/mol. The second-order valence-electron chi connectivity index (χ2n) is 4.99. The second-order valence-corrected chi connectivity index (χ2v) is 6.01. The minimum atomic E-state index is -1.40. The molecule has 23 heavy (non-hydrogen) atoms. The van der Waals surface area contributed by atoms with E-state index in [1.807, 2.05) is 0 Å². The molecule has 0 fully saturated rings. The van der Waals surface area contributed by atoms with E-state index in [1.54, 1.807) is 31.3 Å². The molecule has 1 aliphatic heterocycles. The first kappa shape index (κ1) is 15.0. The molecule has 2 aromatic rings. The van der Waals surface area contributed by atoms with Crippen molar-refractivity contribution in [2.75, 3.05) is 0 Å². The molecule has 3 heterocycles. The monoisotopic (exact) mass is 327 g/mol. The third kappa shape index (κ3) is 2.23. The number of primary amides is 2. The Kier molecular flexibility index (Phi) is 3.53. The van der Waals surface area contributed by atoms with Crippen molar-refractivity contribution in [3.63, 3.8) is 0 Å². The van der Waals surface area contributed by atoms with E-state index < -0.39 is 17.4 Å². The van der Waals surface area contributed by atoms with Crippen molar-refractivity contribution in [2.45, 2.75) is 12.5 Å². The van der Waals surface area contributed by atoms with Crippen LogP contribution in [-0.2, 0) is 10.3 Å². The summed E-state index contributed by atoms with van der Waals surface area (Å²) in [6.45, 7) is 1.76. The number of aromatic nitrogens is 2. The molecule has 2 aromatic heterocycles. The normalized spacial score (nSPS) is 19.2. The van der Waals surface area contributed by atoms with Gasteiger partial charge in [0.2, 0.25) is 5.91 Å². The molecule has 1 atom stereocenters. The van der Waals surface area contributed by atoms with Crippen molar-refractivity contribution in [1.29, 1.82) is 0 Å². The Morgan fingerprint density at radius 3 is 2.61 bits per heavy atom. The summed E-state index contributed by atoms with van der Waals surface area (Å²) in [6.07, 6.45) is 7.68. The summed E-state index contributed by atoms with van der Waals surface area (Å²) >= 11 is 1.24. The first-order valence-corrected chi connectivity index (χ1v) is 7.52. The van der Waals surface area contributed by atoms with Crippen molar-refractivity contribution < 1.29 is 9.59 Å². The van der Waals surface area contributed by atoms with Crippen LogP contribution in [0.15, 0.2) is 35.7 Å². The highest BCUT2D eigenvalue weighted by Crippen LogP contribution is 2.43. The van der Waals surface area contributed by atoms with Gasteiger partial charge in [0.05, 0.1) is 21.0 Å². The predicted octanol–water partition coefficient (Wildman–Crippen LogP) is 0.934. The van der Waals surface area contributed by atoms with E-state index in [4.69, 9.17) is 11.5 Å². The lowest BCUT2D eigenvalue weighted by molar-refractivity contribution is -0.121. The lowest BCUT2D eigenvalue weighted by Crippen LogP contribution is -2.37. The summed E-state index contributed by atoms with van der Waals surface area (Å²) in [7, 11) is 0. The molecule has 0 radical (unpaired) electrons. The summed E-state index contributed by atoms with van der Waals surface area (Å²) in [5.74, 6) is -1.30. The Morgan fingerprint density at radius 1 is 1.30 bits per heavy atom. The molecule has 4 N–H and O–H groups in total. The van der Waals surface area contributed by atoms with E-state index in [-0.39, 0.29) is 5.56 Å². The van der Waals surface area contributed by atoms with Crippen LogP contribution in [0.3, 0.4) is 0 Å². The maximum Gasteiger partial charge on any atom is 0.254 e. The molecule has 0 saturated carbocycles. The summed E-state index contributed by atoms with van der Waals surface area (Å²) < 4.78 is 0. The highest BCUT2D eigenvalue weighted by molar-refractivity contribution is 7.16. The van der Waals surface area contributed by atoms with Gasteiger partial charge in [-0.25, -0.2) is 9.97 Å². The van der Waals surface area contributed by atoms with Crippen LogP contribution in [0.4, 0.5) is 0 Å². The van der Waals surface area contributed by atoms with Crippen LogP contribution in [0.25, 0.3) is 10.6 Å². The van der Waals surface area contributed by atoms with Gasteiger partial charge in [-0.3, -0.25) is 14.6 Å². The number of nitrogens with two attached hydrogens (primary N) is 2. The molecule has 0 bridgehead atoms. The van der Waals surface area contributed by atoms with Crippen LogP contribution >= 0.6 is 11.3 Å². The van der Waals surface area contributed by atoms with Crippen LogP contribution < -0.4 is 11.5 Å². The van der Waals surface area contributed by atoms with Gasteiger partial charge in [0.25, 0.3) is 5.91 Å². The minimum absolute atomic E-state index is 0.256. The van der Waals surface area contributed by atoms with Crippen LogP contribution in [0.2, 0.25) is 0 Å². The van der Waals surface area contributed by atoms with Gasteiger partial charge in [-0.2, -0.15) is 0 Å². The van der Waals surface area contributed by atoms with E-state index in [0.717, 1.165) is 4.88 Å². The minimum Gasteiger partial charge on any atom is -0.367 e. The first-order chi connectivity index (χ1) is 11.0. The molecule has 1 aliphatic rings. The summed E-state index contributed by atoms with van der Waals surface area (Å²) in [4.78, 5) is 37.4. The lowest BCUT2D eigenvalue weighted by atomic mass is 9.92. The third-order valence-corrected chi connectivity index (χ3v) is 5.07. The predicted molar refractivity (Wildman–Crippen MR) is 87.1 cm³/mol. The summed E-state index contributed by atoms with van der Waals surface area (Å²) in [5, 5.41) is 0. The van der Waals surface area contributed by atoms with Crippen LogP contribution in [0.1, 0.15) is 20.8 Å². The maximum atomic E-state index is 12.0. The van der Waals surface area contributed by atoms with Gasteiger partial charge in [-0.1, -0.05) is 0 Å². The number of allylic oxidation sites excluding steroid dienone is 1. The fraction of sp³-hybridized carbons (Fsp3) is 0.133. The van der Waals surface area contributed by atoms with E-state index >= 15 is 0 Å². The smallest absolute Gasteiger partial charge is 0.254 e. The zero-order valence-electron chi connectivity index (χ0n) is 12.2. The summed E-state index contributed by atoms with van der Waals surface area (Å²) in [6, 6.07) is 1.72. The first-order valence-electron chi connectivity index (χ1n) is 6.70. The van der Waals surface area contributed by atoms with E-state index in [0.29, 0.717) is 16.1 Å². The number of amides is 2. The number of nitrogens with zero attached hydrogens (tertiary/aromatic N) is 3. The lowest BCUT2D eigenvalue weighted by Gasteiger charge is -2.20. The third-order valence-electron chi connectivity index (χ3n) is 3.63. The molecule has 2 amide bonds. The maximum absolute atomic E-state index is 12.0. The van der Waals surface area contributed by atoms with Crippen molar-refractivity contribution in [2.24, 2.45) is 16.5 Å². The molecular weight excluding hydrogens is 314 g/mol. The molecular formula is C15H13N5O2S. The number of rotatable bonds is 4. The number of thiophene rings is 1. The Hall–Kier alpha value is -2.87. The highest BCUT2D eigenvalue weighted by atomic mass is 32.1. The number of aliphatic imine (C=N–C) groups is 1. The van der Waals surface area contributed by atoms with Crippen molar-refractivity contribution in [3.8, 4) is 10.6 Å². The average Bonchev–Trinajstić information content (AvgIpc) is 3.13. The number of carbonyl (C=O) groups is 2. The van der Waals surface area contributed by atoms with Crippen LogP contribution in [0.5, 0.6) is 0 Å². The standard InChI is InChI=1S/C15H13N5O2S/c1-8-10(13(16)21)12(15(14(17)22)4-2-5-20-15)23-11(8)9-3-6-18-7-19-9/h2-7H,1H3,(H2,16,21)(H2,17,22). The Bertz CT molecular complexity index is 842. The molecule has 116 valence electrons. The molecule has 8 heteroatoms. The Balaban J connectivity index is 2.30. The van der Waals surface area contributed by atoms with Crippen molar-refractivity contribution in [1.82, 2.24) is 9.97 Å². The van der Waals surface area contributed by atoms with Crippen LogP contribution in [0, 0.1) is 6.92 Å². The summed E-state index contributed by atoms with van der Waals surface area (Å²) in [5.41, 5.74) is 11.2. The largest absolute Gasteiger partial charge is 0.367 e. The number of carbonyl (C=O) groups excluding carboxylic acids is 2. The molecule has 3 rings (SSSR count). The fourth-order valence-corrected chi connectivity index (χ4v) is 3.94. The number of hydrogen-bond donors (Lipinski definition) is 2. The van der Waals surface area contributed by atoms with E-state index in [1.165, 1.54) is 23.9 Å².